The molecule has 1 unspecified atom stereocenters. The molecule has 0 saturated carbocycles. The molecule has 3 aromatic carbocycles. The Bertz CT molecular complexity index is 1660. The van der Waals surface area contributed by atoms with E-state index in [1.165, 1.54) is 36.9 Å². The van der Waals surface area contributed by atoms with Crippen molar-refractivity contribution in [3.8, 4) is 0 Å². The van der Waals surface area contributed by atoms with E-state index in [9.17, 15) is 22.8 Å². The largest absolute Gasteiger partial charge is 0.330 e. The molecule has 0 bridgehead atoms. The second-order valence-electron chi connectivity index (χ2n) is 8.39. The van der Waals surface area contributed by atoms with Crippen molar-refractivity contribution in [3.05, 3.63) is 105 Å². The van der Waals surface area contributed by atoms with Gasteiger partial charge in [0, 0.05) is 19.8 Å². The number of aromatic nitrogens is 2. The summed E-state index contributed by atoms with van der Waals surface area (Å²) in [6.07, 6.45) is 0.851. The normalized spacial score (nSPS) is 12.4. The second kappa shape index (κ2) is 9.92. The van der Waals surface area contributed by atoms with Gasteiger partial charge in [0.15, 0.2) is 0 Å². The predicted octanol–water partition coefficient (Wildman–Crippen LogP) is 2.46. The first-order valence-electron chi connectivity index (χ1n) is 11.3. The number of fused-ring (bicyclic) bond motifs is 1. The van der Waals surface area contributed by atoms with Gasteiger partial charge in [0.1, 0.15) is 6.04 Å². The number of carbonyl (C=O) groups excluding carboxylic acids is 1. The van der Waals surface area contributed by atoms with Crippen molar-refractivity contribution in [2.75, 3.05) is 5.32 Å². The first kappa shape index (κ1) is 25.1. The van der Waals surface area contributed by atoms with Gasteiger partial charge in [0.05, 0.1) is 15.8 Å². The highest BCUT2D eigenvalue weighted by Crippen LogP contribution is 2.22. The molecule has 10 heteroatoms. The fourth-order valence-electron chi connectivity index (χ4n) is 3.92. The van der Waals surface area contributed by atoms with E-state index in [1.54, 1.807) is 42.5 Å². The number of aryl methyl sites for hydroxylation is 2. The maximum Gasteiger partial charge on any atom is 0.330 e. The van der Waals surface area contributed by atoms with E-state index < -0.39 is 33.2 Å². The van der Waals surface area contributed by atoms with Crippen LogP contribution in [0.25, 0.3) is 10.9 Å². The van der Waals surface area contributed by atoms with Crippen molar-refractivity contribution in [1.82, 2.24) is 13.9 Å². The molecule has 4 aromatic rings. The van der Waals surface area contributed by atoms with Crippen molar-refractivity contribution < 1.29 is 13.2 Å². The Kier molecular flexibility index (Phi) is 6.91. The third-order valence-electron chi connectivity index (χ3n) is 6.05. The lowest BCUT2D eigenvalue weighted by molar-refractivity contribution is -0.117. The lowest BCUT2D eigenvalue weighted by Crippen LogP contribution is -2.38. The van der Waals surface area contributed by atoms with E-state index in [-0.39, 0.29) is 10.3 Å². The average molecular weight is 507 g/mol. The van der Waals surface area contributed by atoms with Crippen LogP contribution in [0.1, 0.15) is 24.1 Å². The average Bonchev–Trinajstić information content (AvgIpc) is 2.89. The molecule has 0 radical (unpaired) electrons. The first-order chi connectivity index (χ1) is 17.1. The number of sulfonamides is 1. The van der Waals surface area contributed by atoms with Crippen LogP contribution in [0.15, 0.2) is 87.3 Å². The Hall–Kier alpha value is -4.02. The summed E-state index contributed by atoms with van der Waals surface area (Å²) in [5, 5.41) is 2.84. The molecule has 0 spiro atoms. The van der Waals surface area contributed by atoms with Gasteiger partial charge < -0.3 is 5.32 Å². The predicted molar refractivity (Wildman–Crippen MR) is 138 cm³/mol. The van der Waals surface area contributed by atoms with E-state index in [4.69, 9.17) is 0 Å². The minimum atomic E-state index is -4.25. The van der Waals surface area contributed by atoms with Crippen LogP contribution in [0.4, 0.5) is 5.69 Å². The van der Waals surface area contributed by atoms with Gasteiger partial charge in [-0.25, -0.2) is 13.2 Å². The van der Waals surface area contributed by atoms with Crippen LogP contribution in [0.5, 0.6) is 0 Å². The fraction of sp³-hybridized carbons (Fsp3) is 0.192. The molecule has 0 aliphatic rings. The number of anilines is 1. The summed E-state index contributed by atoms with van der Waals surface area (Å²) >= 11 is 0. The number of hydrogen-bond acceptors (Lipinski definition) is 5. The molecule has 1 aromatic heterocycles. The number of carbonyl (C=O) groups is 1. The topological polar surface area (TPSA) is 119 Å². The molecule has 1 atom stereocenters. The van der Waals surface area contributed by atoms with Crippen LogP contribution in [0.3, 0.4) is 0 Å². The maximum atomic E-state index is 13.4. The van der Waals surface area contributed by atoms with Gasteiger partial charge in [-0.15, -0.1) is 0 Å². The van der Waals surface area contributed by atoms with Crippen LogP contribution in [-0.4, -0.2) is 23.5 Å². The van der Waals surface area contributed by atoms with E-state index >= 15 is 0 Å². The molecule has 4 rings (SSSR count). The van der Waals surface area contributed by atoms with Crippen molar-refractivity contribution in [2.45, 2.75) is 24.3 Å². The Morgan fingerprint density at radius 1 is 0.917 bits per heavy atom. The molecule has 1 heterocycles. The van der Waals surface area contributed by atoms with Gasteiger partial charge in [-0.3, -0.25) is 18.7 Å². The van der Waals surface area contributed by atoms with Gasteiger partial charge in [-0.2, -0.15) is 4.72 Å². The molecular weight excluding hydrogens is 480 g/mol. The van der Waals surface area contributed by atoms with Gasteiger partial charge in [0.2, 0.25) is 15.9 Å². The molecule has 186 valence electrons. The van der Waals surface area contributed by atoms with Crippen molar-refractivity contribution >= 4 is 32.5 Å². The lowest BCUT2D eigenvalue weighted by Gasteiger charge is -2.19. The highest BCUT2D eigenvalue weighted by molar-refractivity contribution is 7.89. The van der Waals surface area contributed by atoms with Crippen molar-refractivity contribution in [3.63, 3.8) is 0 Å². The van der Waals surface area contributed by atoms with Crippen LogP contribution in [0, 0.1) is 0 Å². The SMILES string of the molecule is CCc1ccc(NC(=O)C(NS(=O)(=O)c2ccc3c(c2)c(=O)n(C)c(=O)n3C)c2ccccc2)cc1. The minimum absolute atomic E-state index is 0.0687. The number of amides is 1. The fourth-order valence-corrected chi connectivity index (χ4v) is 5.13. The summed E-state index contributed by atoms with van der Waals surface area (Å²) in [5.41, 5.74) is 1.26. The summed E-state index contributed by atoms with van der Waals surface area (Å²) in [6, 6.07) is 18.5. The number of hydrogen-bond donors (Lipinski definition) is 2. The van der Waals surface area contributed by atoms with Crippen LogP contribution >= 0.6 is 0 Å². The molecule has 2 N–H and O–H groups in total. The van der Waals surface area contributed by atoms with E-state index in [2.05, 4.69) is 10.0 Å². The quantitative estimate of drug-likeness (QED) is 0.399. The standard InChI is InChI=1S/C26H26N4O5S/c1-4-17-10-12-19(13-11-17)27-24(31)23(18-8-6-5-7-9-18)28-36(34,35)20-14-15-22-21(16-20)25(32)30(3)26(33)29(22)2/h5-16,23,28H,4H2,1-3H3,(H,27,31). The van der Waals surface area contributed by atoms with E-state index in [1.807, 2.05) is 19.1 Å². The number of nitrogens with zero attached hydrogens (tertiary/aromatic N) is 2. The summed E-state index contributed by atoms with van der Waals surface area (Å²) in [5.74, 6) is -0.562. The number of rotatable bonds is 7. The second-order valence-corrected chi connectivity index (χ2v) is 10.1. The summed E-state index contributed by atoms with van der Waals surface area (Å²) < 4.78 is 31.4. The van der Waals surface area contributed by atoms with Gasteiger partial charge in [-0.1, -0.05) is 49.4 Å². The molecule has 9 nitrogen and oxygen atoms in total. The van der Waals surface area contributed by atoms with E-state index in [0.717, 1.165) is 16.6 Å². The first-order valence-corrected chi connectivity index (χ1v) is 12.8. The maximum absolute atomic E-state index is 13.4. The van der Waals surface area contributed by atoms with Crippen LogP contribution in [0.2, 0.25) is 0 Å². The smallest absolute Gasteiger partial charge is 0.324 e. The third-order valence-corrected chi connectivity index (χ3v) is 7.47. The van der Waals surface area contributed by atoms with Gasteiger partial charge in [-0.05, 0) is 47.9 Å². The Morgan fingerprint density at radius 2 is 1.58 bits per heavy atom. The Labute approximate surface area is 208 Å². The Balaban J connectivity index is 1.72. The Morgan fingerprint density at radius 3 is 2.22 bits per heavy atom. The molecule has 0 saturated heterocycles. The minimum Gasteiger partial charge on any atom is -0.324 e. The van der Waals surface area contributed by atoms with Gasteiger partial charge >= 0.3 is 5.69 Å². The van der Waals surface area contributed by atoms with Crippen molar-refractivity contribution in [1.29, 1.82) is 0 Å². The molecule has 36 heavy (non-hydrogen) atoms. The summed E-state index contributed by atoms with van der Waals surface area (Å²) in [6.45, 7) is 2.02. The van der Waals surface area contributed by atoms with Crippen LogP contribution < -0.4 is 21.3 Å². The summed E-state index contributed by atoms with van der Waals surface area (Å²) in [4.78, 5) is 37.9. The van der Waals surface area contributed by atoms with Crippen LogP contribution in [-0.2, 0) is 35.3 Å². The van der Waals surface area contributed by atoms with Crippen molar-refractivity contribution in [2.24, 2.45) is 14.1 Å². The molecule has 0 aliphatic carbocycles. The zero-order valence-corrected chi connectivity index (χ0v) is 20.9. The zero-order valence-electron chi connectivity index (χ0n) is 20.1. The number of nitrogens with one attached hydrogen (secondary N) is 2. The monoisotopic (exact) mass is 506 g/mol. The zero-order chi connectivity index (χ0) is 26.0. The highest BCUT2D eigenvalue weighted by Gasteiger charge is 2.28. The lowest BCUT2D eigenvalue weighted by atomic mass is 10.1. The number of benzene rings is 3. The van der Waals surface area contributed by atoms with E-state index in [0.29, 0.717) is 16.8 Å². The molecule has 0 fully saturated rings. The highest BCUT2D eigenvalue weighted by atomic mass is 32.2. The molecule has 0 aliphatic heterocycles. The molecule has 1 amide bonds. The van der Waals surface area contributed by atoms with Gasteiger partial charge in [0.25, 0.3) is 5.56 Å². The summed E-state index contributed by atoms with van der Waals surface area (Å²) in [7, 11) is -1.42. The molecular formula is C26H26N4O5S. The third kappa shape index (κ3) is 4.86.